The molecule has 0 radical (unpaired) electrons. The third-order valence-corrected chi connectivity index (χ3v) is 4.18. The lowest BCUT2D eigenvalue weighted by Gasteiger charge is -2.12. The van der Waals surface area contributed by atoms with E-state index in [1.165, 1.54) is 0 Å². The fraction of sp³-hybridized carbons (Fsp3) is 0.188. The SMILES string of the molecule is Cc1cc(C2=NOC(c3c(Cl)cccc3Cl)C2)ccc1O. The number of rotatable bonds is 2. The van der Waals surface area contributed by atoms with Crippen molar-refractivity contribution in [2.75, 3.05) is 0 Å². The quantitative estimate of drug-likeness (QED) is 0.857. The third kappa shape index (κ3) is 2.71. The van der Waals surface area contributed by atoms with Crippen molar-refractivity contribution in [1.82, 2.24) is 0 Å². The van der Waals surface area contributed by atoms with E-state index in [1.54, 1.807) is 24.3 Å². The molecule has 0 spiro atoms. The molecule has 3 rings (SSSR count). The Morgan fingerprint density at radius 2 is 1.90 bits per heavy atom. The highest BCUT2D eigenvalue weighted by Crippen LogP contribution is 2.38. The molecule has 2 aromatic carbocycles. The molecule has 1 N–H and O–H groups in total. The van der Waals surface area contributed by atoms with Gasteiger partial charge in [-0.1, -0.05) is 34.4 Å². The van der Waals surface area contributed by atoms with Crippen molar-refractivity contribution in [2.45, 2.75) is 19.4 Å². The van der Waals surface area contributed by atoms with Crippen LogP contribution in [0.15, 0.2) is 41.6 Å². The highest BCUT2D eigenvalue weighted by molar-refractivity contribution is 6.36. The molecule has 2 aromatic rings. The second-order valence-corrected chi connectivity index (χ2v) is 5.79. The predicted octanol–water partition coefficient (Wildman–Crippen LogP) is 4.87. The van der Waals surface area contributed by atoms with Gasteiger partial charge in [0.05, 0.1) is 5.71 Å². The highest BCUT2D eigenvalue weighted by atomic mass is 35.5. The molecule has 1 atom stereocenters. The summed E-state index contributed by atoms with van der Waals surface area (Å²) in [5.74, 6) is 0.268. The van der Waals surface area contributed by atoms with Gasteiger partial charge in [-0.05, 0) is 48.4 Å². The lowest BCUT2D eigenvalue weighted by molar-refractivity contribution is 0.0859. The van der Waals surface area contributed by atoms with E-state index in [1.807, 2.05) is 19.1 Å². The molecule has 1 unspecified atom stereocenters. The largest absolute Gasteiger partial charge is 0.508 e. The Hall–Kier alpha value is -1.71. The van der Waals surface area contributed by atoms with E-state index in [2.05, 4.69) is 5.16 Å². The van der Waals surface area contributed by atoms with Crippen LogP contribution in [0, 0.1) is 6.92 Å². The van der Waals surface area contributed by atoms with Crippen LogP contribution in [0.5, 0.6) is 5.75 Å². The summed E-state index contributed by atoms with van der Waals surface area (Å²) in [6, 6.07) is 10.7. The van der Waals surface area contributed by atoms with Crippen LogP contribution in [0.2, 0.25) is 10.0 Å². The first-order chi connectivity index (χ1) is 10.1. The molecule has 0 aliphatic carbocycles. The zero-order valence-electron chi connectivity index (χ0n) is 11.3. The van der Waals surface area contributed by atoms with Crippen LogP contribution in [0.25, 0.3) is 0 Å². The topological polar surface area (TPSA) is 41.8 Å². The van der Waals surface area contributed by atoms with Crippen molar-refractivity contribution in [3.8, 4) is 5.75 Å². The molecule has 21 heavy (non-hydrogen) atoms. The number of hydrogen-bond acceptors (Lipinski definition) is 3. The molecular formula is C16H13Cl2NO2. The normalized spacial score (nSPS) is 17.5. The maximum absolute atomic E-state index is 9.58. The van der Waals surface area contributed by atoms with Crippen LogP contribution in [0.4, 0.5) is 0 Å². The summed E-state index contributed by atoms with van der Waals surface area (Å²) in [4.78, 5) is 5.49. The van der Waals surface area contributed by atoms with E-state index >= 15 is 0 Å². The van der Waals surface area contributed by atoms with Gasteiger partial charge in [0.2, 0.25) is 0 Å². The van der Waals surface area contributed by atoms with Gasteiger partial charge >= 0.3 is 0 Å². The van der Waals surface area contributed by atoms with Crippen LogP contribution in [-0.4, -0.2) is 10.8 Å². The fourth-order valence-corrected chi connectivity index (χ4v) is 3.00. The summed E-state index contributed by atoms with van der Waals surface area (Å²) < 4.78 is 0. The number of phenolic OH excluding ortho intramolecular Hbond substituents is 1. The van der Waals surface area contributed by atoms with E-state index in [4.69, 9.17) is 28.0 Å². The summed E-state index contributed by atoms with van der Waals surface area (Å²) in [5, 5.41) is 14.9. The summed E-state index contributed by atoms with van der Waals surface area (Å²) in [6.45, 7) is 1.84. The molecule has 0 bridgehead atoms. The average Bonchev–Trinajstić information content (AvgIpc) is 2.91. The number of benzene rings is 2. The van der Waals surface area contributed by atoms with Gasteiger partial charge in [0, 0.05) is 22.0 Å². The first-order valence-electron chi connectivity index (χ1n) is 6.53. The van der Waals surface area contributed by atoms with Crippen molar-refractivity contribution in [3.63, 3.8) is 0 Å². The first-order valence-corrected chi connectivity index (χ1v) is 7.28. The number of aryl methyl sites for hydroxylation is 1. The standard InChI is InChI=1S/C16H13Cl2NO2/c1-9-7-10(5-6-14(9)20)13-8-15(21-19-13)16-11(17)3-2-4-12(16)18/h2-7,15,20H,8H2,1H3. The monoisotopic (exact) mass is 321 g/mol. The zero-order chi connectivity index (χ0) is 15.0. The molecule has 0 fully saturated rings. The van der Waals surface area contributed by atoms with Crippen molar-refractivity contribution >= 4 is 28.9 Å². The Balaban J connectivity index is 1.86. The molecule has 1 heterocycles. The van der Waals surface area contributed by atoms with E-state index < -0.39 is 0 Å². The maximum Gasteiger partial charge on any atom is 0.161 e. The van der Waals surface area contributed by atoms with Crippen LogP contribution in [0.3, 0.4) is 0 Å². The predicted molar refractivity (Wildman–Crippen MR) is 84.3 cm³/mol. The second-order valence-electron chi connectivity index (χ2n) is 4.97. The first kappa shape index (κ1) is 14.2. The van der Waals surface area contributed by atoms with Gasteiger partial charge in [-0.25, -0.2) is 0 Å². The summed E-state index contributed by atoms with van der Waals surface area (Å²) in [7, 11) is 0. The number of nitrogens with zero attached hydrogens (tertiary/aromatic N) is 1. The third-order valence-electron chi connectivity index (χ3n) is 3.52. The number of aromatic hydroxyl groups is 1. The number of phenols is 1. The summed E-state index contributed by atoms with van der Waals surface area (Å²) in [5.41, 5.74) is 3.31. The number of oxime groups is 1. The lowest BCUT2D eigenvalue weighted by Crippen LogP contribution is -2.03. The Labute approximate surface area is 132 Å². The van der Waals surface area contributed by atoms with Crippen molar-refractivity contribution in [2.24, 2.45) is 5.16 Å². The summed E-state index contributed by atoms with van der Waals surface area (Å²) in [6.07, 6.45) is 0.309. The van der Waals surface area contributed by atoms with Crippen molar-refractivity contribution < 1.29 is 9.94 Å². The second kappa shape index (κ2) is 5.58. The lowest BCUT2D eigenvalue weighted by atomic mass is 9.99. The van der Waals surface area contributed by atoms with Gasteiger partial charge in [0.1, 0.15) is 5.75 Å². The van der Waals surface area contributed by atoms with Gasteiger partial charge in [-0.15, -0.1) is 0 Å². The molecule has 1 aliphatic heterocycles. The molecule has 3 nitrogen and oxygen atoms in total. The van der Waals surface area contributed by atoms with Gasteiger partial charge in [0.25, 0.3) is 0 Å². The van der Waals surface area contributed by atoms with Gasteiger partial charge in [-0.3, -0.25) is 0 Å². The smallest absolute Gasteiger partial charge is 0.161 e. The molecule has 0 amide bonds. The summed E-state index contributed by atoms with van der Waals surface area (Å²) >= 11 is 12.4. The van der Waals surface area contributed by atoms with Crippen LogP contribution in [-0.2, 0) is 4.84 Å². The van der Waals surface area contributed by atoms with Gasteiger partial charge in [-0.2, -0.15) is 0 Å². The fourth-order valence-electron chi connectivity index (χ4n) is 2.36. The van der Waals surface area contributed by atoms with E-state index in [0.717, 1.165) is 22.4 Å². The molecule has 0 saturated heterocycles. The minimum absolute atomic E-state index is 0.268. The molecule has 108 valence electrons. The Morgan fingerprint density at radius 1 is 1.19 bits per heavy atom. The van der Waals surface area contributed by atoms with Gasteiger partial charge < -0.3 is 9.94 Å². The zero-order valence-corrected chi connectivity index (χ0v) is 12.8. The number of hydrogen-bond donors (Lipinski definition) is 1. The Bertz CT molecular complexity index is 708. The highest BCUT2D eigenvalue weighted by Gasteiger charge is 2.27. The van der Waals surface area contributed by atoms with Crippen LogP contribution >= 0.6 is 23.2 Å². The molecule has 0 aromatic heterocycles. The van der Waals surface area contributed by atoms with Crippen LogP contribution in [0.1, 0.15) is 29.2 Å². The van der Waals surface area contributed by atoms with Crippen molar-refractivity contribution in [3.05, 3.63) is 63.1 Å². The maximum atomic E-state index is 9.58. The van der Waals surface area contributed by atoms with Crippen LogP contribution < -0.4 is 0 Å². The average molecular weight is 322 g/mol. The van der Waals surface area contributed by atoms with Gasteiger partial charge in [0.15, 0.2) is 6.10 Å². The van der Waals surface area contributed by atoms with E-state index in [-0.39, 0.29) is 11.9 Å². The molecule has 1 aliphatic rings. The minimum Gasteiger partial charge on any atom is -0.508 e. The van der Waals surface area contributed by atoms with Crippen molar-refractivity contribution in [1.29, 1.82) is 0 Å². The van der Waals surface area contributed by atoms with E-state index in [9.17, 15) is 5.11 Å². The molecular weight excluding hydrogens is 309 g/mol. The Kier molecular flexibility index (Phi) is 3.79. The molecule has 0 saturated carbocycles. The minimum atomic E-state index is -0.282. The molecule has 5 heteroatoms. The number of halogens is 2. The van der Waals surface area contributed by atoms with E-state index in [0.29, 0.717) is 16.5 Å². The Morgan fingerprint density at radius 3 is 2.57 bits per heavy atom.